The molecule has 1 aliphatic heterocycles. The molecule has 0 spiro atoms. The monoisotopic (exact) mass is 236 g/mol. The molecule has 1 heterocycles. The van der Waals surface area contributed by atoms with Crippen molar-refractivity contribution in [3.8, 4) is 11.5 Å². The van der Waals surface area contributed by atoms with Gasteiger partial charge in [0.25, 0.3) is 0 Å². The summed E-state index contributed by atoms with van der Waals surface area (Å²) in [6, 6.07) is 5.97. The fraction of sp³-hybridized carbons (Fsp3) is 0.571. The van der Waals surface area contributed by atoms with E-state index in [0.29, 0.717) is 19.1 Å². The second kappa shape index (κ2) is 5.41. The van der Waals surface area contributed by atoms with Crippen molar-refractivity contribution in [2.24, 2.45) is 5.92 Å². The van der Waals surface area contributed by atoms with Crippen LogP contribution >= 0.6 is 0 Å². The highest BCUT2D eigenvalue weighted by molar-refractivity contribution is 5.44. The molecule has 3 heteroatoms. The van der Waals surface area contributed by atoms with Crippen molar-refractivity contribution in [1.82, 2.24) is 0 Å². The lowest BCUT2D eigenvalue weighted by molar-refractivity contribution is 0.237. The molecule has 3 nitrogen and oxygen atoms in total. The third kappa shape index (κ3) is 2.72. The van der Waals surface area contributed by atoms with Crippen molar-refractivity contribution in [1.29, 1.82) is 0 Å². The van der Waals surface area contributed by atoms with Crippen molar-refractivity contribution in [3.05, 3.63) is 23.8 Å². The van der Waals surface area contributed by atoms with Gasteiger partial charge < -0.3 is 14.6 Å². The Balaban J connectivity index is 2.28. The lowest BCUT2D eigenvalue weighted by Crippen LogP contribution is -2.11. The molecule has 0 bridgehead atoms. The predicted molar refractivity (Wildman–Crippen MR) is 66.7 cm³/mol. The molecule has 2 rings (SSSR count). The summed E-state index contributed by atoms with van der Waals surface area (Å²) in [5.41, 5.74) is 1.12. The molecular weight excluding hydrogens is 216 g/mol. The van der Waals surface area contributed by atoms with Crippen molar-refractivity contribution in [2.45, 2.75) is 26.2 Å². The van der Waals surface area contributed by atoms with Crippen LogP contribution in [0.1, 0.15) is 31.7 Å². The minimum Gasteiger partial charge on any atom is -0.490 e. The van der Waals surface area contributed by atoms with E-state index >= 15 is 0 Å². The minimum atomic E-state index is 0.159. The summed E-state index contributed by atoms with van der Waals surface area (Å²) in [4.78, 5) is 0. The molecule has 0 saturated carbocycles. The molecular formula is C14H20O3. The van der Waals surface area contributed by atoms with Gasteiger partial charge in [0.1, 0.15) is 0 Å². The van der Waals surface area contributed by atoms with E-state index in [1.165, 1.54) is 0 Å². The number of fused-ring (bicyclic) bond motifs is 1. The molecule has 1 N–H and O–H groups in total. The Morgan fingerprint density at radius 2 is 1.88 bits per heavy atom. The summed E-state index contributed by atoms with van der Waals surface area (Å²) < 4.78 is 11.2. The summed E-state index contributed by atoms with van der Waals surface area (Å²) >= 11 is 0. The molecule has 1 atom stereocenters. The number of benzene rings is 1. The molecule has 0 fully saturated rings. The SMILES string of the molecule is CC(C)C(CO)c1ccc2c(c1)OCCCO2. The largest absolute Gasteiger partial charge is 0.490 e. The van der Waals surface area contributed by atoms with Gasteiger partial charge >= 0.3 is 0 Å². The highest BCUT2D eigenvalue weighted by atomic mass is 16.5. The second-order valence-corrected chi connectivity index (χ2v) is 4.79. The van der Waals surface area contributed by atoms with Crippen LogP contribution < -0.4 is 9.47 Å². The Kier molecular flexibility index (Phi) is 3.89. The van der Waals surface area contributed by atoms with Crippen molar-refractivity contribution < 1.29 is 14.6 Å². The Hall–Kier alpha value is -1.22. The van der Waals surface area contributed by atoms with Crippen LogP contribution in [-0.2, 0) is 0 Å². The summed E-state index contributed by atoms with van der Waals surface area (Å²) in [5.74, 6) is 2.18. The Morgan fingerprint density at radius 1 is 1.18 bits per heavy atom. The van der Waals surface area contributed by atoms with Gasteiger partial charge in [-0.1, -0.05) is 19.9 Å². The highest BCUT2D eigenvalue weighted by Gasteiger charge is 2.18. The molecule has 0 aliphatic carbocycles. The summed E-state index contributed by atoms with van der Waals surface area (Å²) in [6.45, 7) is 5.80. The molecule has 0 saturated heterocycles. The first-order valence-electron chi connectivity index (χ1n) is 6.22. The average molecular weight is 236 g/mol. The van der Waals surface area contributed by atoms with E-state index in [4.69, 9.17) is 9.47 Å². The number of ether oxygens (including phenoxy) is 2. The fourth-order valence-electron chi connectivity index (χ4n) is 2.11. The van der Waals surface area contributed by atoms with Crippen molar-refractivity contribution >= 4 is 0 Å². The third-order valence-corrected chi connectivity index (χ3v) is 3.20. The number of aliphatic hydroxyl groups is 1. The van der Waals surface area contributed by atoms with E-state index in [1.54, 1.807) is 0 Å². The van der Waals surface area contributed by atoms with Gasteiger partial charge in [-0.05, 0) is 23.6 Å². The van der Waals surface area contributed by atoms with E-state index < -0.39 is 0 Å². The topological polar surface area (TPSA) is 38.7 Å². The molecule has 0 amide bonds. The van der Waals surface area contributed by atoms with Gasteiger partial charge in [0.15, 0.2) is 11.5 Å². The lowest BCUT2D eigenvalue weighted by Gasteiger charge is -2.20. The lowest BCUT2D eigenvalue weighted by atomic mass is 9.89. The maximum atomic E-state index is 9.44. The van der Waals surface area contributed by atoms with Gasteiger partial charge in [0.2, 0.25) is 0 Å². The van der Waals surface area contributed by atoms with Crippen LogP contribution in [0, 0.1) is 5.92 Å². The number of hydrogen-bond acceptors (Lipinski definition) is 3. The van der Waals surface area contributed by atoms with Crippen molar-refractivity contribution in [3.63, 3.8) is 0 Å². The van der Waals surface area contributed by atoms with Gasteiger partial charge in [-0.15, -0.1) is 0 Å². The van der Waals surface area contributed by atoms with Gasteiger partial charge in [-0.3, -0.25) is 0 Å². The van der Waals surface area contributed by atoms with Gasteiger partial charge in [0, 0.05) is 12.3 Å². The quantitative estimate of drug-likeness (QED) is 0.876. The number of rotatable bonds is 3. The van der Waals surface area contributed by atoms with Crippen molar-refractivity contribution in [2.75, 3.05) is 19.8 Å². The summed E-state index contributed by atoms with van der Waals surface area (Å²) in [5, 5.41) is 9.44. The average Bonchev–Trinajstić information content (AvgIpc) is 2.54. The fourth-order valence-corrected chi connectivity index (χ4v) is 2.11. The zero-order valence-electron chi connectivity index (χ0n) is 10.5. The molecule has 1 aromatic carbocycles. The molecule has 1 aliphatic rings. The van der Waals surface area contributed by atoms with E-state index in [-0.39, 0.29) is 12.5 Å². The number of aliphatic hydroxyl groups excluding tert-OH is 1. The molecule has 0 radical (unpaired) electrons. The second-order valence-electron chi connectivity index (χ2n) is 4.79. The Morgan fingerprint density at radius 3 is 2.53 bits per heavy atom. The van der Waals surface area contributed by atoms with E-state index in [0.717, 1.165) is 23.5 Å². The van der Waals surface area contributed by atoms with E-state index in [1.807, 2.05) is 18.2 Å². The third-order valence-electron chi connectivity index (χ3n) is 3.20. The first-order chi connectivity index (χ1) is 8.22. The zero-order valence-corrected chi connectivity index (χ0v) is 10.5. The van der Waals surface area contributed by atoms with Gasteiger partial charge in [-0.2, -0.15) is 0 Å². The normalized spacial score (nSPS) is 16.7. The first-order valence-corrected chi connectivity index (χ1v) is 6.22. The predicted octanol–water partition coefficient (Wildman–Crippen LogP) is 2.58. The maximum absolute atomic E-state index is 9.44. The zero-order chi connectivity index (χ0) is 12.3. The molecule has 1 unspecified atom stereocenters. The van der Waals surface area contributed by atoms with Crippen LogP contribution in [0.5, 0.6) is 11.5 Å². The first kappa shape index (κ1) is 12.2. The van der Waals surface area contributed by atoms with E-state index in [9.17, 15) is 5.11 Å². The van der Waals surface area contributed by atoms with E-state index in [2.05, 4.69) is 13.8 Å². The summed E-state index contributed by atoms with van der Waals surface area (Å²) in [6.07, 6.45) is 0.914. The minimum absolute atomic E-state index is 0.159. The van der Waals surface area contributed by atoms with Gasteiger partial charge in [-0.25, -0.2) is 0 Å². The highest BCUT2D eigenvalue weighted by Crippen LogP contribution is 2.34. The summed E-state index contributed by atoms with van der Waals surface area (Å²) in [7, 11) is 0. The Labute approximate surface area is 102 Å². The van der Waals surface area contributed by atoms with Gasteiger partial charge in [0.05, 0.1) is 19.8 Å². The standard InChI is InChI=1S/C14H20O3/c1-10(2)12(9-15)11-4-5-13-14(8-11)17-7-3-6-16-13/h4-5,8,10,12,15H,3,6-7,9H2,1-2H3. The Bertz CT molecular complexity index is 374. The van der Waals surface area contributed by atoms with Crippen LogP contribution in [0.2, 0.25) is 0 Å². The smallest absolute Gasteiger partial charge is 0.161 e. The maximum Gasteiger partial charge on any atom is 0.161 e. The molecule has 0 aromatic heterocycles. The van der Waals surface area contributed by atoms with Crippen LogP contribution in [0.4, 0.5) is 0 Å². The van der Waals surface area contributed by atoms with Crippen LogP contribution in [0.3, 0.4) is 0 Å². The molecule has 94 valence electrons. The molecule has 17 heavy (non-hydrogen) atoms. The van der Waals surface area contributed by atoms with Crippen LogP contribution in [0.15, 0.2) is 18.2 Å². The molecule has 1 aromatic rings. The van der Waals surface area contributed by atoms with Crippen LogP contribution in [0.25, 0.3) is 0 Å². The van der Waals surface area contributed by atoms with Crippen LogP contribution in [-0.4, -0.2) is 24.9 Å². The number of hydrogen-bond donors (Lipinski definition) is 1.